The van der Waals surface area contributed by atoms with Crippen molar-refractivity contribution in [2.75, 3.05) is 26.6 Å². The molecule has 0 atom stereocenters. The van der Waals surface area contributed by atoms with Crippen LogP contribution in [0.25, 0.3) is 11.1 Å². The Morgan fingerprint density at radius 1 is 0.842 bits per heavy atom. The molecule has 0 aliphatic rings. The first-order valence-corrected chi connectivity index (χ1v) is 6.20. The smallest absolute Gasteiger partial charge is 0.142 e. The van der Waals surface area contributed by atoms with E-state index in [1.807, 2.05) is 32.2 Å². The summed E-state index contributed by atoms with van der Waals surface area (Å²) in [7, 11) is 5.25. The summed E-state index contributed by atoms with van der Waals surface area (Å²) in [6.07, 6.45) is 0. The van der Waals surface area contributed by atoms with Crippen LogP contribution in [0, 0.1) is 6.92 Å². The van der Waals surface area contributed by atoms with Crippen LogP contribution in [0.5, 0.6) is 11.5 Å². The van der Waals surface area contributed by atoms with Gasteiger partial charge in [0.2, 0.25) is 0 Å². The summed E-state index contributed by atoms with van der Waals surface area (Å²) in [5, 5.41) is 3.11. The standard InChI is InChI=1S/C16H19NO2/c1-11-5-6-12(9-15(11)18-3)13-7-8-14(17-2)16(10-13)19-4/h5-10,17H,1-4H3. The minimum absolute atomic E-state index is 0.833. The van der Waals surface area contributed by atoms with Gasteiger partial charge in [-0.3, -0.25) is 0 Å². The summed E-state index contributed by atoms with van der Waals surface area (Å²) in [6, 6.07) is 12.3. The van der Waals surface area contributed by atoms with Gasteiger partial charge < -0.3 is 14.8 Å². The Bertz CT molecular complexity index is 579. The molecule has 0 fully saturated rings. The fourth-order valence-corrected chi connectivity index (χ4v) is 2.08. The molecule has 0 heterocycles. The molecule has 19 heavy (non-hydrogen) atoms. The van der Waals surface area contributed by atoms with Gasteiger partial charge in [0.15, 0.2) is 0 Å². The van der Waals surface area contributed by atoms with Gasteiger partial charge in [-0.15, -0.1) is 0 Å². The summed E-state index contributed by atoms with van der Waals surface area (Å²) >= 11 is 0. The Kier molecular flexibility index (Phi) is 3.95. The summed E-state index contributed by atoms with van der Waals surface area (Å²) in [4.78, 5) is 0. The molecule has 100 valence electrons. The highest BCUT2D eigenvalue weighted by atomic mass is 16.5. The van der Waals surface area contributed by atoms with E-state index in [0.717, 1.165) is 33.9 Å². The van der Waals surface area contributed by atoms with Crippen LogP contribution in [-0.2, 0) is 0 Å². The SMILES string of the molecule is CNc1ccc(-c2ccc(C)c(OC)c2)cc1OC. The second-order valence-electron chi connectivity index (χ2n) is 4.35. The molecule has 2 aromatic rings. The number of hydrogen-bond acceptors (Lipinski definition) is 3. The van der Waals surface area contributed by atoms with E-state index in [0.29, 0.717) is 0 Å². The first kappa shape index (κ1) is 13.3. The lowest BCUT2D eigenvalue weighted by Gasteiger charge is -2.12. The van der Waals surface area contributed by atoms with Gasteiger partial charge in [-0.1, -0.05) is 18.2 Å². The third-order valence-corrected chi connectivity index (χ3v) is 3.21. The van der Waals surface area contributed by atoms with Crippen LogP contribution in [0.15, 0.2) is 36.4 Å². The molecule has 0 amide bonds. The van der Waals surface area contributed by atoms with Crippen LogP contribution in [0.1, 0.15) is 5.56 Å². The molecule has 0 aliphatic heterocycles. The van der Waals surface area contributed by atoms with Crippen molar-refractivity contribution >= 4 is 5.69 Å². The van der Waals surface area contributed by atoms with Crippen LogP contribution in [0.3, 0.4) is 0 Å². The van der Waals surface area contributed by atoms with Crippen LogP contribution in [0.2, 0.25) is 0 Å². The van der Waals surface area contributed by atoms with Gasteiger partial charge in [-0.05, 0) is 41.8 Å². The zero-order chi connectivity index (χ0) is 13.8. The molecule has 3 nitrogen and oxygen atoms in total. The Morgan fingerprint density at radius 2 is 1.42 bits per heavy atom. The van der Waals surface area contributed by atoms with Crippen molar-refractivity contribution in [3.8, 4) is 22.6 Å². The van der Waals surface area contributed by atoms with Crippen molar-refractivity contribution in [1.82, 2.24) is 0 Å². The average Bonchev–Trinajstić information content (AvgIpc) is 2.47. The Balaban J connectivity index is 2.47. The summed E-state index contributed by atoms with van der Waals surface area (Å²) in [5.41, 5.74) is 4.33. The van der Waals surface area contributed by atoms with Crippen LogP contribution in [0.4, 0.5) is 5.69 Å². The topological polar surface area (TPSA) is 30.5 Å². The predicted molar refractivity (Wildman–Crippen MR) is 79.3 cm³/mol. The maximum atomic E-state index is 5.38. The Hall–Kier alpha value is -2.16. The average molecular weight is 257 g/mol. The van der Waals surface area contributed by atoms with Crippen molar-refractivity contribution in [1.29, 1.82) is 0 Å². The lowest BCUT2D eigenvalue weighted by molar-refractivity contribution is 0.412. The molecule has 3 heteroatoms. The largest absolute Gasteiger partial charge is 0.496 e. The molecule has 0 saturated carbocycles. The molecule has 0 bridgehead atoms. The zero-order valence-corrected chi connectivity index (χ0v) is 11.8. The summed E-state index contributed by atoms with van der Waals surface area (Å²) in [5.74, 6) is 1.73. The summed E-state index contributed by atoms with van der Waals surface area (Å²) in [6.45, 7) is 2.04. The number of benzene rings is 2. The normalized spacial score (nSPS) is 10.1. The van der Waals surface area contributed by atoms with Crippen LogP contribution in [-0.4, -0.2) is 21.3 Å². The van der Waals surface area contributed by atoms with Crippen molar-refractivity contribution in [2.24, 2.45) is 0 Å². The van der Waals surface area contributed by atoms with E-state index in [4.69, 9.17) is 9.47 Å². The number of anilines is 1. The number of methoxy groups -OCH3 is 2. The highest BCUT2D eigenvalue weighted by Crippen LogP contribution is 2.32. The molecule has 1 N–H and O–H groups in total. The molecule has 0 aliphatic carbocycles. The third-order valence-electron chi connectivity index (χ3n) is 3.21. The maximum absolute atomic E-state index is 5.38. The number of rotatable bonds is 4. The van der Waals surface area contributed by atoms with Gasteiger partial charge in [0.25, 0.3) is 0 Å². The van der Waals surface area contributed by atoms with E-state index in [9.17, 15) is 0 Å². The second-order valence-corrected chi connectivity index (χ2v) is 4.35. The molecule has 0 saturated heterocycles. The van der Waals surface area contributed by atoms with Gasteiger partial charge in [0, 0.05) is 7.05 Å². The van der Waals surface area contributed by atoms with Crippen molar-refractivity contribution < 1.29 is 9.47 Å². The molecule has 0 spiro atoms. The maximum Gasteiger partial charge on any atom is 0.142 e. The van der Waals surface area contributed by atoms with Crippen molar-refractivity contribution in [2.45, 2.75) is 6.92 Å². The van der Waals surface area contributed by atoms with Gasteiger partial charge >= 0.3 is 0 Å². The molecule has 0 aromatic heterocycles. The highest BCUT2D eigenvalue weighted by molar-refractivity contribution is 5.72. The van der Waals surface area contributed by atoms with Crippen LogP contribution >= 0.6 is 0 Å². The van der Waals surface area contributed by atoms with E-state index in [1.54, 1.807) is 14.2 Å². The first-order valence-electron chi connectivity index (χ1n) is 6.20. The molecular formula is C16H19NO2. The molecule has 0 radical (unpaired) electrons. The predicted octanol–water partition coefficient (Wildman–Crippen LogP) is 3.72. The lowest BCUT2D eigenvalue weighted by Crippen LogP contribution is -1.94. The number of aryl methyl sites for hydroxylation is 1. The van der Waals surface area contributed by atoms with E-state index in [-0.39, 0.29) is 0 Å². The van der Waals surface area contributed by atoms with E-state index < -0.39 is 0 Å². The first-order chi connectivity index (χ1) is 9.19. The second kappa shape index (κ2) is 5.65. The number of ether oxygens (including phenoxy) is 2. The Morgan fingerprint density at radius 3 is 2.00 bits per heavy atom. The minimum Gasteiger partial charge on any atom is -0.496 e. The van der Waals surface area contributed by atoms with Crippen LogP contribution < -0.4 is 14.8 Å². The zero-order valence-electron chi connectivity index (χ0n) is 11.8. The van der Waals surface area contributed by atoms with Gasteiger partial charge in [0.05, 0.1) is 19.9 Å². The van der Waals surface area contributed by atoms with Gasteiger partial charge in [0.1, 0.15) is 11.5 Å². The minimum atomic E-state index is 0.833. The molecule has 0 unspecified atom stereocenters. The van der Waals surface area contributed by atoms with E-state index >= 15 is 0 Å². The summed E-state index contributed by atoms with van der Waals surface area (Å²) < 4.78 is 10.7. The highest BCUT2D eigenvalue weighted by Gasteiger charge is 2.06. The molecular weight excluding hydrogens is 238 g/mol. The lowest BCUT2D eigenvalue weighted by atomic mass is 10.0. The fraction of sp³-hybridized carbons (Fsp3) is 0.250. The quantitative estimate of drug-likeness (QED) is 0.905. The van der Waals surface area contributed by atoms with Crippen molar-refractivity contribution in [3.63, 3.8) is 0 Å². The van der Waals surface area contributed by atoms with Gasteiger partial charge in [-0.25, -0.2) is 0 Å². The van der Waals surface area contributed by atoms with Gasteiger partial charge in [-0.2, -0.15) is 0 Å². The molecule has 2 rings (SSSR count). The third kappa shape index (κ3) is 2.65. The number of hydrogen-bond donors (Lipinski definition) is 1. The van der Waals surface area contributed by atoms with E-state index in [1.165, 1.54) is 0 Å². The Labute approximate surface area is 114 Å². The fourth-order valence-electron chi connectivity index (χ4n) is 2.08. The van der Waals surface area contributed by atoms with E-state index in [2.05, 4.69) is 23.5 Å². The number of nitrogens with one attached hydrogen (secondary N) is 1. The monoisotopic (exact) mass is 257 g/mol. The van der Waals surface area contributed by atoms with Crippen molar-refractivity contribution in [3.05, 3.63) is 42.0 Å². The molecule has 2 aromatic carbocycles.